The van der Waals surface area contributed by atoms with Crippen molar-refractivity contribution in [3.63, 3.8) is 0 Å². The minimum Gasteiger partial charge on any atom is 0 e. The third-order valence-electron chi connectivity index (χ3n) is 0.118. The minimum absolute atomic E-state index is 0. The molecule has 0 spiro atoms. The van der Waals surface area contributed by atoms with Crippen LogP contribution in [-0.2, 0) is 1.27 Å². The molecule has 0 aliphatic heterocycles. The van der Waals surface area contributed by atoms with E-state index in [9.17, 15) is 0 Å². The molecule has 0 heterocycles. The summed E-state index contributed by atoms with van der Waals surface area (Å²) in [6.45, 7) is 0. The molecule has 48 valence electrons. The maximum atomic E-state index is 4.91. The van der Waals surface area contributed by atoms with Gasteiger partial charge in [0, 0.05) is 27.3 Å². The number of hydrogen-bond acceptors (Lipinski definition) is 2. The second-order valence-corrected chi connectivity index (χ2v) is 23.0. The Morgan fingerprint density at radius 1 is 1.00 bits per heavy atom. The van der Waals surface area contributed by atoms with Crippen molar-refractivity contribution >= 4 is 105 Å². The van der Waals surface area contributed by atoms with Gasteiger partial charge in [0.15, 0.2) is 0 Å². The van der Waals surface area contributed by atoms with E-state index in [0.29, 0.717) is 52.4 Å². The molecule has 0 rings (SSSR count). The Hall–Kier alpha value is 3.53. The largest absolute Gasteiger partial charge is 0 e. The fourth-order valence-electron chi connectivity index (χ4n) is 0.0417. The summed E-state index contributed by atoms with van der Waals surface area (Å²) in [7, 11) is 0. The van der Waals surface area contributed by atoms with Gasteiger partial charge in [0.2, 0.25) is 0 Å². The van der Waals surface area contributed by atoms with Gasteiger partial charge in [0.1, 0.15) is 0 Å². The van der Waals surface area contributed by atoms with Crippen LogP contribution >= 0.6 is 0 Å². The summed E-state index contributed by atoms with van der Waals surface area (Å²) < 4.78 is 9.81. The second-order valence-electron chi connectivity index (χ2n) is 0.372. The minimum atomic E-state index is -0.778. The Kier molecular flexibility index (Phi) is 63.2. The van der Waals surface area contributed by atoms with Crippen LogP contribution in [0.5, 0.6) is 0 Å². The molecule has 0 aromatic rings. The van der Waals surface area contributed by atoms with Gasteiger partial charge in [0.25, 0.3) is 0 Å². The molecule has 0 aromatic carbocycles. The first-order valence-corrected chi connectivity index (χ1v) is 8.65. The topological polar surface area (TPSA) is 81.5 Å². The Bertz CT molecular complexity index is 15.5. The van der Waals surface area contributed by atoms with Gasteiger partial charge in [-0.2, -0.15) is 0 Å². The summed E-state index contributed by atoms with van der Waals surface area (Å²) in [6.07, 6.45) is 0. The Morgan fingerprint density at radius 3 is 1.25 bits per heavy atom. The zero-order chi connectivity index (χ0) is 4.12. The maximum absolute atomic E-state index is 4.91. The quantitative estimate of drug-likeness (QED) is 0.263. The zero-order valence-corrected chi connectivity index (χ0v) is 23.0. The summed E-state index contributed by atoms with van der Waals surface area (Å²) in [6, 6.07) is 0. The molecular formula is H8O4Pb4. The molecule has 0 aliphatic rings. The van der Waals surface area contributed by atoms with Gasteiger partial charge in [-0.05, 0) is 0 Å². The molecular weight excluding hydrogens is 893 g/mol. The zero-order valence-electron chi connectivity index (χ0n) is 4.23. The van der Waals surface area contributed by atoms with E-state index in [1.807, 2.05) is 0 Å². The molecule has 0 bridgehead atoms. The SMILES string of the molecule is O.O.[PbH2][O][Pb][O][PbH2].[Pb]. The van der Waals surface area contributed by atoms with Crippen molar-refractivity contribution < 1.29 is 12.2 Å². The van der Waals surface area contributed by atoms with E-state index in [1.165, 1.54) is 0 Å². The van der Waals surface area contributed by atoms with E-state index < -0.39 is 25.1 Å². The van der Waals surface area contributed by atoms with Crippen LogP contribution in [0, 0.1) is 0 Å². The predicted octanol–water partition coefficient (Wildman–Crippen LogP) is -4.38. The fraction of sp³-hybridized carbons (Fsp3) is 0. The van der Waals surface area contributed by atoms with Crippen molar-refractivity contribution in [1.82, 2.24) is 0 Å². The maximum Gasteiger partial charge on any atom is 0 e. The average molecular weight is 901 g/mol. The van der Waals surface area contributed by atoms with E-state index in [-0.39, 0.29) is 38.3 Å². The molecule has 0 aliphatic carbocycles. The molecule has 4 nitrogen and oxygen atoms in total. The fourth-order valence-corrected chi connectivity index (χ4v) is 28.2. The van der Waals surface area contributed by atoms with E-state index in [2.05, 4.69) is 0 Å². The standard InChI is InChI=1S/2H2O.2O.4Pb.4H/h2*1H2;;;;;;;;;;. The molecule has 0 saturated heterocycles. The van der Waals surface area contributed by atoms with Crippen LogP contribution in [0.3, 0.4) is 0 Å². The van der Waals surface area contributed by atoms with Gasteiger partial charge >= 0.3 is 78.9 Å². The average Bonchev–Trinajstić information content (AvgIpc) is 1.41. The van der Waals surface area contributed by atoms with Crippen molar-refractivity contribution in [3.8, 4) is 0 Å². The van der Waals surface area contributed by atoms with E-state index in [4.69, 9.17) is 1.27 Å². The predicted molar refractivity (Wildman–Crippen MR) is 38.0 cm³/mol. The Balaban J connectivity index is -0.0000000267. The smallest absolute Gasteiger partial charge is 0 e. The summed E-state index contributed by atoms with van der Waals surface area (Å²) >= 11 is 0.354. The van der Waals surface area contributed by atoms with Crippen molar-refractivity contribution in [1.29, 1.82) is 0 Å². The normalized spacial score (nSPS) is 5.25. The Morgan fingerprint density at radius 2 is 1.25 bits per heavy atom. The van der Waals surface area contributed by atoms with Gasteiger partial charge in [0.05, 0.1) is 0 Å². The van der Waals surface area contributed by atoms with Crippen molar-refractivity contribution in [3.05, 3.63) is 0 Å². The van der Waals surface area contributed by atoms with E-state index in [1.54, 1.807) is 0 Å². The van der Waals surface area contributed by atoms with Crippen LogP contribution in [0.15, 0.2) is 0 Å². The van der Waals surface area contributed by atoms with Gasteiger partial charge in [-0.25, -0.2) is 0 Å². The van der Waals surface area contributed by atoms with Gasteiger partial charge in [-0.3, -0.25) is 0 Å². The molecule has 0 fully saturated rings. The molecule has 0 aromatic heterocycles. The number of hydrogen-bond donors (Lipinski definition) is 0. The summed E-state index contributed by atoms with van der Waals surface area (Å²) in [4.78, 5) is 0. The molecule has 0 saturated carbocycles. The van der Waals surface area contributed by atoms with Crippen LogP contribution < -0.4 is 0 Å². The van der Waals surface area contributed by atoms with Crippen LogP contribution in [0.25, 0.3) is 0 Å². The molecule has 8 heavy (non-hydrogen) atoms. The van der Waals surface area contributed by atoms with Gasteiger partial charge in [-0.1, -0.05) is 0 Å². The van der Waals surface area contributed by atoms with Crippen molar-refractivity contribution in [2.45, 2.75) is 0 Å². The summed E-state index contributed by atoms with van der Waals surface area (Å²) in [5, 5.41) is 0. The van der Waals surface area contributed by atoms with Crippen molar-refractivity contribution in [2.75, 3.05) is 0 Å². The number of rotatable bonds is 2. The summed E-state index contributed by atoms with van der Waals surface area (Å²) in [5.41, 5.74) is 0. The first-order chi connectivity index (χ1) is 2.41. The van der Waals surface area contributed by atoms with E-state index in [0.717, 1.165) is 0 Å². The van der Waals surface area contributed by atoms with E-state index >= 15 is 0 Å². The van der Waals surface area contributed by atoms with Crippen LogP contribution in [0.2, 0.25) is 0 Å². The first kappa shape index (κ1) is 22.5. The van der Waals surface area contributed by atoms with Gasteiger partial charge < -0.3 is 11.0 Å². The molecule has 0 amide bonds. The summed E-state index contributed by atoms with van der Waals surface area (Å²) in [5.74, 6) is 0. The molecule has 8 heteroatoms. The molecule has 0 atom stereocenters. The first-order valence-electron chi connectivity index (χ1n) is 0.986. The molecule has 8 radical (unpaired) electrons. The molecule has 0 unspecified atom stereocenters. The third kappa shape index (κ3) is 22.7. The monoisotopic (exact) mass is 904 g/mol. The van der Waals surface area contributed by atoms with Crippen molar-refractivity contribution in [2.24, 2.45) is 0 Å². The van der Waals surface area contributed by atoms with Gasteiger partial charge in [-0.15, -0.1) is 0 Å². The van der Waals surface area contributed by atoms with Crippen LogP contribution in [-0.4, -0.2) is 116 Å². The molecule has 4 N–H and O–H groups in total. The van der Waals surface area contributed by atoms with Crippen LogP contribution in [0.4, 0.5) is 0 Å². The second kappa shape index (κ2) is 22.4. The Labute approximate surface area is 114 Å². The third-order valence-corrected chi connectivity index (χ3v) is 9.07. The van der Waals surface area contributed by atoms with Crippen LogP contribution in [0.1, 0.15) is 0 Å².